The fourth-order valence-electron chi connectivity index (χ4n) is 4.29. The first-order valence-corrected chi connectivity index (χ1v) is 7.65. The third kappa shape index (κ3) is 1.89. The van der Waals surface area contributed by atoms with E-state index in [1.807, 2.05) is 0 Å². The molecule has 0 aliphatic heterocycles. The first-order chi connectivity index (χ1) is 9.19. The number of nitrogens with one attached hydrogen (secondary N) is 1. The quantitative estimate of drug-likeness (QED) is 0.856. The molecule has 2 heteroatoms. The number of rotatable bonds is 2. The number of aromatic nitrogens is 2. The number of H-pyrrole nitrogens is 1. The van der Waals surface area contributed by atoms with Crippen molar-refractivity contribution in [1.82, 2.24) is 9.97 Å². The molecule has 2 aliphatic carbocycles. The maximum Gasteiger partial charge on any atom is 0.107 e. The van der Waals surface area contributed by atoms with Crippen molar-refractivity contribution in [2.24, 2.45) is 17.8 Å². The van der Waals surface area contributed by atoms with Crippen LogP contribution in [0.4, 0.5) is 0 Å². The fourth-order valence-corrected chi connectivity index (χ4v) is 4.29. The van der Waals surface area contributed by atoms with E-state index >= 15 is 0 Å². The molecular weight excluding hydrogens is 232 g/mol. The van der Waals surface area contributed by atoms with E-state index < -0.39 is 0 Å². The van der Waals surface area contributed by atoms with Crippen molar-refractivity contribution in [3.63, 3.8) is 0 Å². The first-order valence-electron chi connectivity index (χ1n) is 7.65. The third-order valence-electron chi connectivity index (χ3n) is 5.49. The summed E-state index contributed by atoms with van der Waals surface area (Å²) in [5.74, 6) is 4.12. The average molecular weight is 254 g/mol. The molecule has 1 aromatic carbocycles. The molecular formula is C17H22N2. The van der Waals surface area contributed by atoms with Crippen LogP contribution < -0.4 is 0 Å². The lowest BCUT2D eigenvalue weighted by atomic mass is 9.86. The first kappa shape index (κ1) is 11.5. The third-order valence-corrected chi connectivity index (χ3v) is 5.49. The van der Waals surface area contributed by atoms with Gasteiger partial charge in [0.25, 0.3) is 0 Å². The Morgan fingerprint density at radius 1 is 1.16 bits per heavy atom. The van der Waals surface area contributed by atoms with Crippen molar-refractivity contribution in [3.8, 4) is 0 Å². The summed E-state index contributed by atoms with van der Waals surface area (Å²) in [6.45, 7) is 4.34. The van der Waals surface area contributed by atoms with E-state index in [4.69, 9.17) is 4.98 Å². The molecule has 0 saturated heterocycles. The Balaban J connectivity index is 1.61. The lowest BCUT2D eigenvalue weighted by Gasteiger charge is -2.20. The second-order valence-corrected chi connectivity index (χ2v) is 6.78. The molecule has 2 aliphatic rings. The number of hydrogen-bond donors (Lipinski definition) is 1. The van der Waals surface area contributed by atoms with Crippen LogP contribution in [-0.2, 0) is 6.42 Å². The molecule has 2 nitrogen and oxygen atoms in total. The topological polar surface area (TPSA) is 28.7 Å². The van der Waals surface area contributed by atoms with E-state index in [2.05, 4.69) is 31.0 Å². The SMILES string of the molecule is Cc1cc2nc(CC3CC4CCC3C4)[nH]c2cc1C. The standard InChI is InChI=1S/C17H22N2/c1-10-5-15-16(6-11(10)2)19-17(18-15)9-14-8-12-3-4-13(14)7-12/h5-6,12-14H,3-4,7-9H2,1-2H3,(H,18,19). The van der Waals surface area contributed by atoms with Gasteiger partial charge in [0, 0.05) is 6.42 Å². The van der Waals surface area contributed by atoms with Gasteiger partial charge in [-0.2, -0.15) is 0 Å². The van der Waals surface area contributed by atoms with Gasteiger partial charge in [0.1, 0.15) is 5.82 Å². The highest BCUT2D eigenvalue weighted by molar-refractivity contribution is 5.77. The minimum atomic E-state index is 0.890. The van der Waals surface area contributed by atoms with Crippen LogP contribution in [0, 0.1) is 31.6 Å². The molecule has 0 radical (unpaired) electrons. The van der Waals surface area contributed by atoms with Gasteiger partial charge in [0.15, 0.2) is 0 Å². The second kappa shape index (κ2) is 4.09. The lowest BCUT2D eigenvalue weighted by molar-refractivity contribution is 0.327. The van der Waals surface area contributed by atoms with E-state index in [1.165, 1.54) is 48.2 Å². The number of imidazole rings is 1. The Bertz CT molecular complexity index is 586. The van der Waals surface area contributed by atoms with Crippen LogP contribution in [0.5, 0.6) is 0 Å². The number of nitrogens with zero attached hydrogens (tertiary/aromatic N) is 1. The summed E-state index contributed by atoms with van der Waals surface area (Å²) in [6, 6.07) is 4.45. The predicted octanol–water partition coefficient (Wildman–Crippen LogP) is 4.16. The lowest BCUT2D eigenvalue weighted by Crippen LogP contribution is -2.13. The number of hydrogen-bond acceptors (Lipinski definition) is 1. The summed E-state index contributed by atoms with van der Waals surface area (Å²) in [5.41, 5.74) is 5.04. The normalized spacial score (nSPS) is 29.5. The summed E-state index contributed by atoms with van der Waals surface area (Å²) >= 11 is 0. The van der Waals surface area contributed by atoms with Gasteiger partial charge < -0.3 is 4.98 Å². The Labute approximate surface area is 114 Å². The number of fused-ring (bicyclic) bond motifs is 3. The van der Waals surface area contributed by atoms with E-state index in [9.17, 15) is 0 Å². The zero-order chi connectivity index (χ0) is 13.0. The van der Waals surface area contributed by atoms with Crippen LogP contribution in [-0.4, -0.2) is 9.97 Å². The van der Waals surface area contributed by atoms with Crippen molar-refractivity contribution in [2.75, 3.05) is 0 Å². The largest absolute Gasteiger partial charge is 0.342 e. The minimum Gasteiger partial charge on any atom is -0.342 e. The Hall–Kier alpha value is -1.31. The number of aryl methyl sites for hydroxylation is 2. The van der Waals surface area contributed by atoms with Crippen LogP contribution in [0.1, 0.15) is 42.6 Å². The molecule has 2 aromatic rings. The van der Waals surface area contributed by atoms with Crippen molar-refractivity contribution >= 4 is 11.0 Å². The zero-order valence-corrected chi connectivity index (χ0v) is 11.9. The van der Waals surface area contributed by atoms with Crippen LogP contribution in [0.25, 0.3) is 11.0 Å². The van der Waals surface area contributed by atoms with Crippen molar-refractivity contribution in [1.29, 1.82) is 0 Å². The van der Waals surface area contributed by atoms with Gasteiger partial charge in [0.05, 0.1) is 11.0 Å². The molecule has 3 unspecified atom stereocenters. The smallest absolute Gasteiger partial charge is 0.107 e. The second-order valence-electron chi connectivity index (χ2n) is 6.78. The Morgan fingerprint density at radius 2 is 2.00 bits per heavy atom. The van der Waals surface area contributed by atoms with Gasteiger partial charge in [0.2, 0.25) is 0 Å². The van der Waals surface area contributed by atoms with Gasteiger partial charge in [-0.15, -0.1) is 0 Å². The summed E-state index contributed by atoms with van der Waals surface area (Å²) in [6.07, 6.45) is 7.05. The molecule has 100 valence electrons. The summed E-state index contributed by atoms with van der Waals surface area (Å²) < 4.78 is 0. The maximum absolute atomic E-state index is 4.81. The molecule has 3 atom stereocenters. The van der Waals surface area contributed by atoms with Crippen molar-refractivity contribution in [3.05, 3.63) is 29.1 Å². The van der Waals surface area contributed by atoms with Crippen LogP contribution in [0.3, 0.4) is 0 Å². The van der Waals surface area contributed by atoms with Gasteiger partial charge >= 0.3 is 0 Å². The molecule has 1 aromatic heterocycles. The van der Waals surface area contributed by atoms with Gasteiger partial charge in [-0.25, -0.2) is 4.98 Å². The molecule has 19 heavy (non-hydrogen) atoms. The number of aromatic amines is 1. The number of benzene rings is 1. The van der Waals surface area contributed by atoms with E-state index in [0.29, 0.717) is 0 Å². The molecule has 1 N–H and O–H groups in total. The summed E-state index contributed by atoms with van der Waals surface area (Å²) in [7, 11) is 0. The fraction of sp³-hybridized carbons (Fsp3) is 0.588. The average Bonchev–Trinajstić information content (AvgIpc) is 3.05. The van der Waals surface area contributed by atoms with Crippen LogP contribution in [0.15, 0.2) is 12.1 Å². The van der Waals surface area contributed by atoms with Gasteiger partial charge in [-0.3, -0.25) is 0 Å². The zero-order valence-electron chi connectivity index (χ0n) is 11.9. The predicted molar refractivity (Wildman–Crippen MR) is 78.2 cm³/mol. The van der Waals surface area contributed by atoms with Crippen LogP contribution in [0.2, 0.25) is 0 Å². The van der Waals surface area contributed by atoms with E-state index in [1.54, 1.807) is 0 Å². The summed E-state index contributed by atoms with van der Waals surface area (Å²) in [4.78, 5) is 8.35. The highest BCUT2D eigenvalue weighted by Gasteiger charge is 2.39. The van der Waals surface area contributed by atoms with Gasteiger partial charge in [-0.1, -0.05) is 6.42 Å². The summed E-state index contributed by atoms with van der Waals surface area (Å²) in [5, 5.41) is 0. The molecule has 2 bridgehead atoms. The maximum atomic E-state index is 4.81. The molecule has 1 heterocycles. The van der Waals surface area contributed by atoms with Crippen LogP contribution >= 0.6 is 0 Å². The van der Waals surface area contributed by atoms with Crippen molar-refractivity contribution < 1.29 is 0 Å². The Kier molecular flexibility index (Phi) is 2.48. The Morgan fingerprint density at radius 3 is 2.74 bits per heavy atom. The van der Waals surface area contributed by atoms with Crippen molar-refractivity contribution in [2.45, 2.75) is 46.0 Å². The molecule has 2 saturated carbocycles. The minimum absolute atomic E-state index is 0.890. The molecule has 2 fully saturated rings. The molecule has 0 spiro atoms. The highest BCUT2D eigenvalue weighted by Crippen LogP contribution is 2.49. The molecule has 4 rings (SSSR count). The monoisotopic (exact) mass is 254 g/mol. The molecule has 0 amide bonds. The van der Waals surface area contributed by atoms with Gasteiger partial charge in [-0.05, 0) is 74.1 Å². The van der Waals surface area contributed by atoms with E-state index in [-0.39, 0.29) is 0 Å². The van der Waals surface area contributed by atoms with E-state index in [0.717, 1.165) is 29.7 Å². The highest BCUT2D eigenvalue weighted by atomic mass is 14.9.